The van der Waals surface area contributed by atoms with Crippen LogP contribution in [0.15, 0.2) is 45.5 Å². The lowest BCUT2D eigenvalue weighted by Gasteiger charge is -2.28. The van der Waals surface area contributed by atoms with Gasteiger partial charge in [-0.25, -0.2) is 4.68 Å². The topological polar surface area (TPSA) is 60.1 Å². The van der Waals surface area contributed by atoms with Gasteiger partial charge in [-0.15, -0.1) is 0 Å². The Labute approximate surface area is 267 Å². The molecule has 42 heavy (non-hydrogen) atoms. The minimum atomic E-state index is -0.158. The van der Waals surface area contributed by atoms with Crippen LogP contribution in [0, 0.1) is 5.92 Å². The van der Waals surface area contributed by atoms with Gasteiger partial charge in [-0.05, 0) is 108 Å². The largest absolute Gasteiger partial charge is 0.450 e. The highest BCUT2D eigenvalue weighted by Crippen LogP contribution is 2.31. The van der Waals surface area contributed by atoms with Gasteiger partial charge in [-0.1, -0.05) is 91.3 Å². The Hall–Kier alpha value is -2.31. The summed E-state index contributed by atoms with van der Waals surface area (Å²) in [6, 6.07) is 11.8. The summed E-state index contributed by atoms with van der Waals surface area (Å²) in [5.41, 5.74) is 4.00. The number of carbonyl (C=O) groups is 1. The first-order chi connectivity index (χ1) is 20.2. The standard InChI is InChI=1S/C29H35BrClN3O2.C4H10.C2H6/c1-5-18(2)22-11-13-26(24(31)16-22)34-27(19(3)15-23-12-14-28(30)36-23)17-25(33-34)29(35)32-20(4)21-9-7-6-8-10-21;1-3-4-2;1-2/h11-18,20-21H,5-10H2,1-4H3,(H,32,35);3-4H2,1-2H3;1-2H3/b19-15+;;/t18?,20-;;/m1../s1. The molecule has 5 nitrogen and oxygen atoms in total. The van der Waals surface area contributed by atoms with Crippen molar-refractivity contribution in [3.8, 4) is 5.69 Å². The van der Waals surface area contributed by atoms with Crippen LogP contribution in [0.5, 0.6) is 0 Å². The van der Waals surface area contributed by atoms with E-state index < -0.39 is 0 Å². The summed E-state index contributed by atoms with van der Waals surface area (Å²) in [6.07, 6.45) is 11.7. The number of nitrogens with one attached hydrogen (secondary N) is 1. The number of hydrogen-bond donors (Lipinski definition) is 1. The third kappa shape index (κ3) is 10.2. The van der Waals surface area contributed by atoms with Crippen LogP contribution in [0.25, 0.3) is 17.3 Å². The fourth-order valence-electron chi connectivity index (χ4n) is 4.92. The molecule has 4 rings (SSSR count). The van der Waals surface area contributed by atoms with E-state index in [1.807, 2.05) is 57.2 Å². The third-order valence-electron chi connectivity index (χ3n) is 7.90. The van der Waals surface area contributed by atoms with Crippen molar-refractivity contribution >= 4 is 45.1 Å². The summed E-state index contributed by atoms with van der Waals surface area (Å²) in [7, 11) is 0. The zero-order chi connectivity index (χ0) is 31.2. The lowest BCUT2D eigenvalue weighted by atomic mass is 9.84. The molecule has 0 spiro atoms. The van der Waals surface area contributed by atoms with Crippen LogP contribution in [0.2, 0.25) is 5.02 Å². The molecule has 7 heteroatoms. The molecule has 1 aliphatic carbocycles. The number of halogens is 2. The van der Waals surface area contributed by atoms with Crippen LogP contribution < -0.4 is 5.32 Å². The minimum Gasteiger partial charge on any atom is -0.450 e. The lowest BCUT2D eigenvalue weighted by molar-refractivity contribution is 0.0913. The first-order valence-corrected chi connectivity index (χ1v) is 17.0. The molecule has 2 aromatic heterocycles. The minimum absolute atomic E-state index is 0.113. The predicted octanol–water partition coefficient (Wildman–Crippen LogP) is 11.5. The molecular formula is C35H51BrClN3O2. The Balaban J connectivity index is 0.000000947. The van der Waals surface area contributed by atoms with E-state index in [4.69, 9.17) is 21.1 Å². The van der Waals surface area contributed by atoms with Gasteiger partial charge in [-0.3, -0.25) is 4.79 Å². The van der Waals surface area contributed by atoms with E-state index in [2.05, 4.69) is 61.9 Å². The van der Waals surface area contributed by atoms with E-state index in [1.54, 1.807) is 4.68 Å². The number of amides is 1. The van der Waals surface area contributed by atoms with Crippen LogP contribution in [0.4, 0.5) is 0 Å². The van der Waals surface area contributed by atoms with E-state index in [1.165, 1.54) is 50.5 Å². The van der Waals surface area contributed by atoms with Crippen molar-refractivity contribution in [3.05, 3.63) is 68.8 Å². The number of hydrogen-bond acceptors (Lipinski definition) is 3. The van der Waals surface area contributed by atoms with Crippen LogP contribution >= 0.6 is 27.5 Å². The average Bonchev–Trinajstić information content (AvgIpc) is 3.64. The van der Waals surface area contributed by atoms with Gasteiger partial charge in [0.25, 0.3) is 5.91 Å². The number of rotatable bonds is 9. The van der Waals surface area contributed by atoms with Gasteiger partial charge in [0.1, 0.15) is 5.76 Å². The molecule has 232 valence electrons. The van der Waals surface area contributed by atoms with Gasteiger partial charge in [0.15, 0.2) is 10.4 Å². The van der Waals surface area contributed by atoms with E-state index in [0.717, 1.165) is 23.4 Å². The second kappa shape index (κ2) is 18.4. The van der Waals surface area contributed by atoms with Crippen LogP contribution in [-0.4, -0.2) is 21.7 Å². The maximum Gasteiger partial charge on any atom is 0.272 e. The van der Waals surface area contributed by atoms with Crippen molar-refractivity contribution in [2.75, 3.05) is 0 Å². The molecule has 2 atom stereocenters. The highest BCUT2D eigenvalue weighted by atomic mass is 79.9. The SMILES string of the molecule is CC.CCC(C)c1ccc(-n2nc(C(=O)N[C@H](C)C3CCCCC3)cc2/C(C)=C/c2ccc(Br)o2)c(Cl)c1.CCCC. The number of carbonyl (C=O) groups excluding carboxylic acids is 1. The van der Waals surface area contributed by atoms with Gasteiger partial charge >= 0.3 is 0 Å². The van der Waals surface area contributed by atoms with Gasteiger partial charge < -0.3 is 9.73 Å². The maximum absolute atomic E-state index is 13.3. The molecule has 1 N–H and O–H groups in total. The summed E-state index contributed by atoms with van der Waals surface area (Å²) in [4.78, 5) is 13.3. The molecule has 1 unspecified atom stereocenters. The van der Waals surface area contributed by atoms with E-state index in [-0.39, 0.29) is 11.9 Å². The lowest BCUT2D eigenvalue weighted by Crippen LogP contribution is -2.39. The van der Waals surface area contributed by atoms with Crippen molar-refractivity contribution < 1.29 is 9.21 Å². The highest BCUT2D eigenvalue weighted by Gasteiger charge is 2.24. The zero-order valence-corrected chi connectivity index (χ0v) is 29.2. The van der Waals surface area contributed by atoms with Crippen molar-refractivity contribution in [2.24, 2.45) is 5.92 Å². The van der Waals surface area contributed by atoms with Crippen molar-refractivity contribution in [1.82, 2.24) is 15.1 Å². The van der Waals surface area contributed by atoms with Crippen molar-refractivity contribution in [3.63, 3.8) is 0 Å². The normalized spacial score (nSPS) is 15.1. The Bertz CT molecular complexity index is 1270. The number of nitrogens with zero attached hydrogens (tertiary/aromatic N) is 2. The Kier molecular flexibility index (Phi) is 15.7. The zero-order valence-electron chi connectivity index (χ0n) is 26.9. The molecule has 1 amide bonds. The fourth-order valence-corrected chi connectivity index (χ4v) is 5.51. The monoisotopic (exact) mass is 659 g/mol. The van der Waals surface area contributed by atoms with Gasteiger partial charge in [-0.2, -0.15) is 5.10 Å². The van der Waals surface area contributed by atoms with Crippen LogP contribution in [-0.2, 0) is 0 Å². The number of unbranched alkanes of at least 4 members (excludes halogenated alkanes) is 1. The van der Waals surface area contributed by atoms with Crippen LogP contribution in [0.1, 0.15) is 140 Å². The molecule has 1 saturated carbocycles. The summed E-state index contributed by atoms with van der Waals surface area (Å²) in [5.74, 6) is 1.48. The average molecular weight is 661 g/mol. The van der Waals surface area contributed by atoms with Gasteiger partial charge in [0.05, 0.1) is 16.4 Å². The quantitative estimate of drug-likeness (QED) is 0.248. The second-order valence-electron chi connectivity index (χ2n) is 11.0. The number of benzene rings is 1. The molecule has 1 aliphatic rings. The second-order valence-corrected chi connectivity index (χ2v) is 12.2. The number of allylic oxidation sites excluding steroid dienone is 1. The molecule has 1 aromatic carbocycles. The van der Waals surface area contributed by atoms with Gasteiger partial charge in [0.2, 0.25) is 0 Å². The Morgan fingerprint density at radius 1 is 1.10 bits per heavy atom. The van der Waals surface area contributed by atoms with E-state index in [0.29, 0.717) is 33.0 Å². The number of aromatic nitrogens is 2. The van der Waals surface area contributed by atoms with Crippen molar-refractivity contribution in [1.29, 1.82) is 0 Å². The molecule has 0 bridgehead atoms. The first kappa shape index (κ1) is 35.9. The van der Waals surface area contributed by atoms with E-state index in [9.17, 15) is 4.79 Å². The van der Waals surface area contributed by atoms with E-state index >= 15 is 0 Å². The summed E-state index contributed by atoms with van der Waals surface area (Å²) >= 11 is 10.1. The molecule has 0 radical (unpaired) electrons. The fraction of sp³-hybridized carbons (Fsp3) is 0.543. The number of furan rings is 1. The molecule has 1 fully saturated rings. The summed E-state index contributed by atoms with van der Waals surface area (Å²) < 4.78 is 8.11. The summed E-state index contributed by atoms with van der Waals surface area (Å²) in [5, 5.41) is 8.55. The van der Waals surface area contributed by atoms with Crippen molar-refractivity contribution in [2.45, 2.75) is 119 Å². The van der Waals surface area contributed by atoms with Crippen LogP contribution in [0.3, 0.4) is 0 Å². The third-order valence-corrected chi connectivity index (χ3v) is 8.62. The molecule has 2 heterocycles. The Morgan fingerprint density at radius 2 is 1.76 bits per heavy atom. The highest BCUT2D eigenvalue weighted by molar-refractivity contribution is 9.10. The van der Waals surface area contributed by atoms with Gasteiger partial charge in [0, 0.05) is 6.04 Å². The summed E-state index contributed by atoms with van der Waals surface area (Å²) in [6.45, 7) is 16.8. The molecule has 0 aliphatic heterocycles. The Morgan fingerprint density at radius 3 is 2.31 bits per heavy atom. The molecule has 0 saturated heterocycles. The first-order valence-electron chi connectivity index (χ1n) is 15.8. The predicted molar refractivity (Wildman–Crippen MR) is 183 cm³/mol. The molecular weight excluding hydrogens is 610 g/mol. The molecule has 3 aromatic rings. The smallest absolute Gasteiger partial charge is 0.272 e. The maximum atomic E-state index is 13.3.